The average molecular weight is 529 g/mol. The first-order valence-corrected chi connectivity index (χ1v) is 13.9. The maximum atomic E-state index is 12.8. The zero-order valence-electron chi connectivity index (χ0n) is 21.3. The molecule has 10 heteroatoms. The van der Waals surface area contributed by atoms with Gasteiger partial charge in [-0.1, -0.05) is 30.8 Å². The molecular formula is C26H32N4O4S2. The molecule has 1 unspecified atom stereocenters. The molecule has 0 saturated heterocycles. The molecule has 0 aliphatic heterocycles. The maximum Gasteiger partial charge on any atom is 0.341 e. The highest BCUT2D eigenvalue weighted by Crippen LogP contribution is 2.40. The van der Waals surface area contributed by atoms with Crippen LogP contribution in [0, 0.1) is 19.8 Å². The van der Waals surface area contributed by atoms with Crippen molar-refractivity contribution in [2.24, 2.45) is 13.0 Å². The Balaban J connectivity index is 1.39. The van der Waals surface area contributed by atoms with E-state index in [0.29, 0.717) is 34.1 Å². The summed E-state index contributed by atoms with van der Waals surface area (Å²) in [6.45, 7) is 8.60. The van der Waals surface area contributed by atoms with Crippen LogP contribution in [0.5, 0.6) is 5.75 Å². The lowest BCUT2D eigenvalue weighted by molar-refractivity contribution is -0.113. The summed E-state index contributed by atoms with van der Waals surface area (Å²) in [5.74, 6) is 1.63. The van der Waals surface area contributed by atoms with E-state index in [4.69, 9.17) is 9.47 Å². The fraction of sp³-hybridized carbons (Fsp3) is 0.462. The van der Waals surface area contributed by atoms with Crippen LogP contribution in [0.2, 0.25) is 0 Å². The van der Waals surface area contributed by atoms with Crippen molar-refractivity contribution in [3.8, 4) is 5.75 Å². The number of carbonyl (C=O) groups is 2. The third-order valence-corrected chi connectivity index (χ3v) is 8.39. The van der Waals surface area contributed by atoms with Gasteiger partial charge in [0.1, 0.15) is 17.4 Å². The summed E-state index contributed by atoms with van der Waals surface area (Å²) in [6.07, 6.45) is 2.78. The van der Waals surface area contributed by atoms with Gasteiger partial charge < -0.3 is 19.4 Å². The monoisotopic (exact) mass is 528 g/mol. The number of rotatable bonds is 9. The largest absolute Gasteiger partial charge is 0.485 e. The lowest BCUT2D eigenvalue weighted by Gasteiger charge is -2.18. The molecule has 0 saturated carbocycles. The van der Waals surface area contributed by atoms with Crippen LogP contribution in [0.25, 0.3) is 0 Å². The molecule has 3 aromatic rings. The van der Waals surface area contributed by atoms with Gasteiger partial charge >= 0.3 is 5.97 Å². The molecule has 0 fully saturated rings. The highest BCUT2D eigenvalue weighted by atomic mass is 32.2. The zero-order valence-corrected chi connectivity index (χ0v) is 23.0. The van der Waals surface area contributed by atoms with Gasteiger partial charge in [-0.2, -0.15) is 0 Å². The Hall–Kier alpha value is -2.85. The summed E-state index contributed by atoms with van der Waals surface area (Å²) in [5, 5.41) is 12.6. The van der Waals surface area contributed by atoms with Crippen LogP contribution in [-0.4, -0.2) is 39.0 Å². The van der Waals surface area contributed by atoms with E-state index >= 15 is 0 Å². The van der Waals surface area contributed by atoms with Gasteiger partial charge in [0.05, 0.1) is 17.9 Å². The summed E-state index contributed by atoms with van der Waals surface area (Å²) in [7, 11) is 1.86. The second kappa shape index (κ2) is 11.5. The molecule has 1 aromatic carbocycles. The summed E-state index contributed by atoms with van der Waals surface area (Å²) < 4.78 is 13.1. The molecule has 0 spiro atoms. The Morgan fingerprint density at radius 1 is 1.28 bits per heavy atom. The van der Waals surface area contributed by atoms with Gasteiger partial charge in [-0.05, 0) is 68.7 Å². The van der Waals surface area contributed by atoms with Gasteiger partial charge in [-0.25, -0.2) is 4.79 Å². The number of fused-ring (bicyclic) bond motifs is 1. The van der Waals surface area contributed by atoms with Crippen LogP contribution in [0.3, 0.4) is 0 Å². The number of amides is 1. The van der Waals surface area contributed by atoms with E-state index in [0.717, 1.165) is 41.7 Å². The van der Waals surface area contributed by atoms with Crippen molar-refractivity contribution in [3.63, 3.8) is 0 Å². The topological polar surface area (TPSA) is 95.3 Å². The van der Waals surface area contributed by atoms with E-state index < -0.39 is 0 Å². The first-order chi connectivity index (χ1) is 17.3. The van der Waals surface area contributed by atoms with Crippen LogP contribution in [0.1, 0.15) is 58.0 Å². The van der Waals surface area contributed by atoms with Gasteiger partial charge in [0.25, 0.3) is 0 Å². The maximum absolute atomic E-state index is 12.8. The number of thioether (sulfide) groups is 1. The van der Waals surface area contributed by atoms with Gasteiger partial charge in [0.2, 0.25) is 5.91 Å². The molecule has 4 rings (SSSR count). The summed E-state index contributed by atoms with van der Waals surface area (Å²) >= 11 is 2.78. The fourth-order valence-electron chi connectivity index (χ4n) is 4.15. The van der Waals surface area contributed by atoms with E-state index in [2.05, 4.69) is 22.4 Å². The highest BCUT2D eigenvalue weighted by Gasteiger charge is 2.29. The molecule has 2 heterocycles. The van der Waals surface area contributed by atoms with Crippen molar-refractivity contribution in [2.75, 3.05) is 17.7 Å². The predicted octanol–water partition coefficient (Wildman–Crippen LogP) is 5.10. The van der Waals surface area contributed by atoms with Crippen molar-refractivity contribution in [3.05, 3.63) is 51.2 Å². The van der Waals surface area contributed by atoms with Crippen molar-refractivity contribution in [1.29, 1.82) is 0 Å². The Kier molecular flexibility index (Phi) is 8.35. The smallest absolute Gasteiger partial charge is 0.341 e. The number of anilines is 1. The quantitative estimate of drug-likeness (QED) is 0.305. The standard InChI is InChI=1S/C26H32N4O4S2/c1-6-33-25(32)23-18-10-8-16(3)12-20(18)36-24(23)27-22(31)14-35-26-29-28-21(30(26)5)13-34-19-11-15(2)7-9-17(19)4/h7,9,11,16H,6,8,10,12-14H2,1-5H3,(H,27,31). The molecule has 36 heavy (non-hydrogen) atoms. The average Bonchev–Trinajstić information content (AvgIpc) is 3.37. The van der Waals surface area contributed by atoms with E-state index in [1.165, 1.54) is 28.0 Å². The predicted molar refractivity (Wildman–Crippen MR) is 142 cm³/mol. The van der Waals surface area contributed by atoms with Crippen molar-refractivity contribution in [1.82, 2.24) is 14.8 Å². The molecule has 0 bridgehead atoms. The number of hydrogen-bond donors (Lipinski definition) is 1. The van der Waals surface area contributed by atoms with Gasteiger partial charge in [-0.15, -0.1) is 21.5 Å². The second-order valence-corrected chi connectivity index (χ2v) is 11.2. The summed E-state index contributed by atoms with van der Waals surface area (Å²) in [6, 6.07) is 6.07. The number of carbonyl (C=O) groups excluding carboxylic acids is 2. The highest BCUT2D eigenvalue weighted by molar-refractivity contribution is 7.99. The molecule has 1 N–H and O–H groups in total. The molecular weight excluding hydrogens is 496 g/mol. The number of ether oxygens (including phenoxy) is 2. The third-order valence-electron chi connectivity index (χ3n) is 6.20. The molecule has 1 aliphatic rings. The molecule has 192 valence electrons. The Morgan fingerprint density at radius 2 is 2.08 bits per heavy atom. The van der Waals surface area contributed by atoms with Crippen molar-refractivity contribution < 1.29 is 19.1 Å². The van der Waals surface area contributed by atoms with Gasteiger partial charge in [0.15, 0.2) is 11.0 Å². The molecule has 8 nitrogen and oxygen atoms in total. The van der Waals surface area contributed by atoms with Gasteiger partial charge in [0, 0.05) is 11.9 Å². The first-order valence-electron chi connectivity index (χ1n) is 12.1. The molecule has 2 aromatic heterocycles. The minimum absolute atomic E-state index is 0.144. The number of benzene rings is 1. The van der Waals surface area contributed by atoms with Crippen LogP contribution < -0.4 is 10.1 Å². The van der Waals surface area contributed by atoms with Gasteiger partial charge in [-0.3, -0.25) is 4.79 Å². The molecule has 1 amide bonds. The molecule has 1 aliphatic carbocycles. The third kappa shape index (κ3) is 5.92. The second-order valence-electron chi connectivity index (χ2n) is 9.13. The van der Waals surface area contributed by atoms with E-state index in [9.17, 15) is 9.59 Å². The minimum Gasteiger partial charge on any atom is -0.485 e. The lowest BCUT2D eigenvalue weighted by atomic mass is 9.88. The molecule has 1 atom stereocenters. The van der Waals surface area contributed by atoms with Crippen LogP contribution >= 0.6 is 23.1 Å². The van der Waals surface area contributed by atoms with E-state index in [1.54, 1.807) is 6.92 Å². The lowest BCUT2D eigenvalue weighted by Crippen LogP contribution is -2.18. The number of aryl methyl sites for hydroxylation is 2. The summed E-state index contributed by atoms with van der Waals surface area (Å²) in [5.41, 5.74) is 3.73. The van der Waals surface area contributed by atoms with E-state index in [1.807, 2.05) is 43.7 Å². The number of thiophene rings is 1. The number of nitrogens with one attached hydrogen (secondary N) is 1. The zero-order chi connectivity index (χ0) is 25.8. The fourth-order valence-corrected chi connectivity index (χ4v) is 6.30. The van der Waals surface area contributed by atoms with E-state index in [-0.39, 0.29) is 24.2 Å². The number of nitrogens with zero attached hydrogens (tertiary/aromatic N) is 3. The normalized spacial score (nSPS) is 14.9. The SMILES string of the molecule is CCOC(=O)c1c(NC(=O)CSc2nnc(COc3cc(C)ccc3C)n2C)sc2c1CCC(C)C2. The first kappa shape index (κ1) is 26.2. The Labute approximate surface area is 219 Å². The number of hydrogen-bond acceptors (Lipinski definition) is 8. The number of aromatic nitrogens is 3. The van der Waals surface area contributed by atoms with Crippen LogP contribution in [-0.2, 0) is 36.0 Å². The van der Waals surface area contributed by atoms with Crippen LogP contribution in [0.4, 0.5) is 5.00 Å². The number of esters is 1. The molecule has 0 radical (unpaired) electrons. The Morgan fingerprint density at radius 3 is 2.86 bits per heavy atom. The Bertz CT molecular complexity index is 1270. The minimum atomic E-state index is -0.366. The van der Waals surface area contributed by atoms with Crippen LogP contribution in [0.15, 0.2) is 23.4 Å². The summed E-state index contributed by atoms with van der Waals surface area (Å²) in [4.78, 5) is 26.7. The van der Waals surface area contributed by atoms with Crippen molar-refractivity contribution in [2.45, 2.75) is 58.7 Å². The van der Waals surface area contributed by atoms with Crippen molar-refractivity contribution >= 4 is 40.0 Å².